The number of amides is 3. The highest BCUT2D eigenvalue weighted by Crippen LogP contribution is 2.14. The summed E-state index contributed by atoms with van der Waals surface area (Å²) < 4.78 is 49.4. The number of urea groups is 1. The number of nitrogens with one attached hydrogen (secondary N) is 2. The number of carbonyl (C=O) groups is 2. The first-order chi connectivity index (χ1) is 14.1. The molecule has 10 nitrogen and oxygen atoms in total. The zero-order valence-electron chi connectivity index (χ0n) is 16.5. The van der Waals surface area contributed by atoms with Gasteiger partial charge in [0.05, 0.1) is 23.8 Å². The van der Waals surface area contributed by atoms with E-state index in [0.717, 1.165) is 5.56 Å². The highest BCUT2D eigenvalue weighted by atomic mass is 32.2. The third-order valence-corrected chi connectivity index (χ3v) is 8.72. The number of benzene rings is 1. The Morgan fingerprint density at radius 3 is 2.33 bits per heavy atom. The van der Waals surface area contributed by atoms with Crippen LogP contribution in [-0.4, -0.2) is 88.3 Å². The maximum atomic E-state index is 12.6. The zero-order chi connectivity index (χ0) is 21.8. The largest absolute Gasteiger partial charge is 0.334 e. The Morgan fingerprint density at radius 2 is 1.73 bits per heavy atom. The maximum absolute atomic E-state index is 12.6. The van der Waals surface area contributed by atoms with Gasteiger partial charge < -0.3 is 5.32 Å². The van der Waals surface area contributed by atoms with Crippen molar-refractivity contribution < 1.29 is 26.4 Å². The van der Waals surface area contributed by atoms with Crippen molar-refractivity contribution >= 4 is 31.8 Å². The SMILES string of the molecule is O=C(CN1CCN(S(=O)(=O)Cc2ccccc2)CC1)NC(=O)N[C@@H]1CCS(=O)(=O)C1. The highest BCUT2D eigenvalue weighted by molar-refractivity contribution is 7.91. The molecular weight excluding hydrogens is 432 g/mol. The second-order valence-electron chi connectivity index (χ2n) is 7.54. The minimum atomic E-state index is -3.44. The van der Waals surface area contributed by atoms with E-state index in [9.17, 15) is 26.4 Å². The van der Waals surface area contributed by atoms with E-state index in [0.29, 0.717) is 19.5 Å². The molecule has 30 heavy (non-hydrogen) atoms. The molecule has 3 amide bonds. The van der Waals surface area contributed by atoms with E-state index in [-0.39, 0.29) is 36.9 Å². The van der Waals surface area contributed by atoms with Crippen LogP contribution in [0.3, 0.4) is 0 Å². The van der Waals surface area contributed by atoms with Gasteiger partial charge in [-0.3, -0.25) is 15.0 Å². The maximum Gasteiger partial charge on any atom is 0.321 e. The second kappa shape index (κ2) is 9.41. The molecule has 2 heterocycles. The van der Waals surface area contributed by atoms with Gasteiger partial charge in [0.1, 0.15) is 0 Å². The van der Waals surface area contributed by atoms with E-state index < -0.39 is 37.8 Å². The van der Waals surface area contributed by atoms with Crippen LogP contribution in [0.15, 0.2) is 30.3 Å². The van der Waals surface area contributed by atoms with E-state index >= 15 is 0 Å². The van der Waals surface area contributed by atoms with Gasteiger partial charge in [-0.1, -0.05) is 30.3 Å². The first kappa shape index (κ1) is 22.7. The van der Waals surface area contributed by atoms with Crippen LogP contribution in [0.1, 0.15) is 12.0 Å². The first-order valence-corrected chi connectivity index (χ1v) is 13.1. The molecule has 0 aliphatic carbocycles. The van der Waals surface area contributed by atoms with Gasteiger partial charge in [0.15, 0.2) is 9.84 Å². The van der Waals surface area contributed by atoms with Gasteiger partial charge in [0.25, 0.3) is 0 Å². The summed E-state index contributed by atoms with van der Waals surface area (Å²) in [6, 6.07) is 7.75. The van der Waals surface area contributed by atoms with Crippen LogP contribution < -0.4 is 10.6 Å². The fraction of sp³-hybridized carbons (Fsp3) is 0.556. The summed E-state index contributed by atoms with van der Waals surface area (Å²) in [5.41, 5.74) is 0.723. The molecule has 2 saturated heterocycles. The van der Waals surface area contributed by atoms with Gasteiger partial charge in [-0.15, -0.1) is 0 Å². The van der Waals surface area contributed by atoms with E-state index in [1.807, 2.05) is 6.07 Å². The van der Waals surface area contributed by atoms with Gasteiger partial charge in [-0.05, 0) is 12.0 Å². The number of nitrogens with zero attached hydrogens (tertiary/aromatic N) is 2. The van der Waals surface area contributed by atoms with Crippen molar-refractivity contribution in [3.63, 3.8) is 0 Å². The number of piperazine rings is 1. The van der Waals surface area contributed by atoms with Gasteiger partial charge in [0, 0.05) is 32.2 Å². The number of rotatable bonds is 6. The van der Waals surface area contributed by atoms with Crippen molar-refractivity contribution in [2.45, 2.75) is 18.2 Å². The smallest absolute Gasteiger partial charge is 0.321 e. The molecule has 2 N–H and O–H groups in total. The summed E-state index contributed by atoms with van der Waals surface area (Å²) in [5.74, 6) is -0.670. The van der Waals surface area contributed by atoms with Gasteiger partial charge in [-0.25, -0.2) is 21.6 Å². The molecule has 2 aliphatic rings. The van der Waals surface area contributed by atoms with Crippen LogP contribution in [0.5, 0.6) is 0 Å². The predicted molar refractivity (Wildman–Crippen MR) is 111 cm³/mol. The van der Waals surface area contributed by atoms with Crippen LogP contribution in [0, 0.1) is 0 Å². The second-order valence-corrected chi connectivity index (χ2v) is 11.7. The molecule has 12 heteroatoms. The Hall–Kier alpha value is -2.02. The van der Waals surface area contributed by atoms with E-state index in [2.05, 4.69) is 10.6 Å². The minimum absolute atomic E-state index is 0.0311. The Balaban J connectivity index is 1.40. The lowest BCUT2D eigenvalue weighted by Gasteiger charge is -2.33. The molecule has 3 rings (SSSR count). The molecule has 0 bridgehead atoms. The van der Waals surface area contributed by atoms with Crippen LogP contribution in [0.25, 0.3) is 0 Å². The summed E-state index contributed by atoms with van der Waals surface area (Å²) in [5, 5.41) is 4.69. The van der Waals surface area contributed by atoms with Crippen LogP contribution in [-0.2, 0) is 30.4 Å². The molecular formula is C18H26N4O6S2. The molecule has 0 saturated carbocycles. The minimum Gasteiger partial charge on any atom is -0.334 e. The van der Waals surface area contributed by atoms with Crippen molar-refractivity contribution in [3.8, 4) is 0 Å². The topological polar surface area (TPSA) is 133 Å². The summed E-state index contributed by atoms with van der Waals surface area (Å²) in [6.45, 7) is 1.26. The Labute approximate surface area is 176 Å². The summed E-state index contributed by atoms with van der Waals surface area (Å²) >= 11 is 0. The quantitative estimate of drug-likeness (QED) is 0.567. The number of sulfonamides is 1. The third-order valence-electron chi connectivity index (χ3n) is 5.10. The fourth-order valence-corrected chi connectivity index (χ4v) is 6.73. The number of imide groups is 1. The van der Waals surface area contributed by atoms with Crippen LogP contribution in [0.2, 0.25) is 0 Å². The molecule has 0 aromatic heterocycles. The lowest BCUT2D eigenvalue weighted by molar-refractivity contribution is -0.121. The predicted octanol–water partition coefficient (Wildman–Crippen LogP) is -0.853. The highest BCUT2D eigenvalue weighted by Gasteiger charge is 2.30. The van der Waals surface area contributed by atoms with Gasteiger partial charge in [-0.2, -0.15) is 4.31 Å². The Morgan fingerprint density at radius 1 is 1.07 bits per heavy atom. The standard InChI is InChI=1S/C18H26N4O6S2/c23-17(20-18(24)19-16-6-11-29(25,26)14-16)12-21-7-9-22(10-8-21)30(27,28)13-15-4-2-1-3-5-15/h1-5,16H,6-14H2,(H2,19,20,23,24)/t16-/m1/s1. The molecule has 1 aromatic rings. The normalized spacial score (nSPS) is 22.5. The van der Waals surface area contributed by atoms with Gasteiger partial charge in [0.2, 0.25) is 15.9 Å². The molecule has 1 aromatic carbocycles. The lowest BCUT2D eigenvalue weighted by atomic mass is 10.2. The fourth-order valence-electron chi connectivity index (χ4n) is 3.54. The van der Waals surface area contributed by atoms with E-state index in [4.69, 9.17) is 0 Å². The Kier molecular flexibility index (Phi) is 7.11. The zero-order valence-corrected chi connectivity index (χ0v) is 18.1. The summed E-state index contributed by atoms with van der Waals surface area (Å²) in [4.78, 5) is 25.7. The van der Waals surface area contributed by atoms with Crippen molar-refractivity contribution in [1.82, 2.24) is 19.8 Å². The van der Waals surface area contributed by atoms with Gasteiger partial charge >= 0.3 is 6.03 Å². The average molecular weight is 459 g/mol. The molecule has 0 unspecified atom stereocenters. The molecule has 166 valence electrons. The van der Waals surface area contributed by atoms with Crippen molar-refractivity contribution in [1.29, 1.82) is 0 Å². The molecule has 2 aliphatic heterocycles. The Bertz CT molecular complexity index is 973. The van der Waals surface area contributed by atoms with Crippen LogP contribution in [0.4, 0.5) is 4.79 Å². The van der Waals surface area contributed by atoms with Crippen molar-refractivity contribution in [3.05, 3.63) is 35.9 Å². The molecule has 2 fully saturated rings. The first-order valence-electron chi connectivity index (χ1n) is 9.68. The molecule has 1 atom stereocenters. The summed E-state index contributed by atoms with van der Waals surface area (Å²) in [6.07, 6.45) is 0.337. The molecule has 0 radical (unpaired) electrons. The number of sulfone groups is 1. The average Bonchev–Trinajstić information content (AvgIpc) is 3.00. The van der Waals surface area contributed by atoms with E-state index in [1.165, 1.54) is 4.31 Å². The summed E-state index contributed by atoms with van der Waals surface area (Å²) in [7, 11) is -6.56. The monoisotopic (exact) mass is 458 g/mol. The number of hydrogen-bond acceptors (Lipinski definition) is 7. The lowest BCUT2D eigenvalue weighted by Crippen LogP contribution is -2.53. The number of hydrogen-bond donors (Lipinski definition) is 2. The third kappa shape index (κ3) is 6.49. The van der Waals surface area contributed by atoms with Crippen molar-refractivity contribution in [2.75, 3.05) is 44.2 Å². The van der Waals surface area contributed by atoms with Crippen LogP contribution >= 0.6 is 0 Å². The number of carbonyl (C=O) groups excluding carboxylic acids is 2. The van der Waals surface area contributed by atoms with E-state index in [1.54, 1.807) is 29.2 Å². The molecule has 0 spiro atoms. The van der Waals surface area contributed by atoms with Crippen molar-refractivity contribution in [2.24, 2.45) is 0 Å².